The molecule has 3 saturated carbocycles. The zero-order chi connectivity index (χ0) is 9.57. The van der Waals surface area contributed by atoms with Crippen molar-refractivity contribution in [3.8, 4) is 0 Å². The first-order chi connectivity index (χ1) is 7.45. The molecular weight excluding hydrogens is 180 g/mol. The molecule has 6 rings (SSSR count). The van der Waals surface area contributed by atoms with E-state index in [1.165, 1.54) is 6.42 Å². The van der Waals surface area contributed by atoms with Crippen LogP contribution in [0.5, 0.6) is 0 Å². The van der Waals surface area contributed by atoms with Crippen molar-refractivity contribution in [3.05, 3.63) is 47.5 Å². The molecule has 0 saturated heterocycles. The molecule has 0 radical (unpaired) electrons. The smallest absolute Gasteiger partial charge is 0.00561 e. The van der Waals surface area contributed by atoms with E-state index in [0.717, 1.165) is 35.5 Å². The van der Waals surface area contributed by atoms with E-state index in [9.17, 15) is 0 Å². The van der Waals surface area contributed by atoms with Gasteiger partial charge in [0.05, 0.1) is 0 Å². The van der Waals surface area contributed by atoms with Crippen molar-refractivity contribution in [1.29, 1.82) is 0 Å². The van der Waals surface area contributed by atoms with E-state index in [0.29, 0.717) is 0 Å². The minimum Gasteiger partial charge on any atom is -0.0813 e. The Bertz CT molecular complexity index is 460. The third-order valence-electron chi connectivity index (χ3n) is 5.31. The molecule has 0 N–H and O–H groups in total. The normalized spacial score (nSPS) is 52.1. The van der Waals surface area contributed by atoms with Crippen molar-refractivity contribution in [1.82, 2.24) is 0 Å². The SMILES string of the molecule is C1=C2C[C@@H](c3ccccc3)[C@@H]2C2C3C1[C@@H]32. The summed E-state index contributed by atoms with van der Waals surface area (Å²) >= 11 is 0. The van der Waals surface area contributed by atoms with Gasteiger partial charge < -0.3 is 0 Å². The number of benzene rings is 1. The quantitative estimate of drug-likeness (QED) is 0.602. The summed E-state index contributed by atoms with van der Waals surface area (Å²) in [6, 6.07) is 11.2. The first kappa shape index (κ1) is 7.27. The summed E-state index contributed by atoms with van der Waals surface area (Å²) in [5.74, 6) is 6.30. The highest BCUT2D eigenvalue weighted by atomic mass is 14.8. The van der Waals surface area contributed by atoms with Gasteiger partial charge in [-0.25, -0.2) is 0 Å². The largest absolute Gasteiger partial charge is 0.0813 e. The zero-order valence-corrected chi connectivity index (χ0v) is 8.64. The van der Waals surface area contributed by atoms with Gasteiger partial charge in [-0.1, -0.05) is 42.0 Å². The van der Waals surface area contributed by atoms with E-state index in [2.05, 4.69) is 36.4 Å². The lowest BCUT2D eigenvalue weighted by atomic mass is 9.58. The van der Waals surface area contributed by atoms with Crippen LogP contribution in [0.4, 0.5) is 0 Å². The van der Waals surface area contributed by atoms with E-state index in [1.807, 2.05) is 5.57 Å². The van der Waals surface area contributed by atoms with Crippen LogP contribution in [0.25, 0.3) is 0 Å². The van der Waals surface area contributed by atoms with Crippen LogP contribution in [0, 0.1) is 29.6 Å². The molecule has 0 heteroatoms. The monoisotopic (exact) mass is 194 g/mol. The molecule has 0 nitrogen and oxygen atoms in total. The van der Waals surface area contributed by atoms with Crippen molar-refractivity contribution in [2.45, 2.75) is 12.3 Å². The van der Waals surface area contributed by atoms with Crippen LogP contribution in [0.1, 0.15) is 17.9 Å². The van der Waals surface area contributed by atoms with Crippen molar-refractivity contribution < 1.29 is 0 Å². The number of rotatable bonds is 1. The molecule has 0 spiro atoms. The minimum absolute atomic E-state index is 0.871. The molecule has 2 bridgehead atoms. The number of allylic oxidation sites excluding steroid dienone is 2. The maximum absolute atomic E-state index is 2.62. The Morgan fingerprint density at radius 3 is 2.53 bits per heavy atom. The molecule has 0 aliphatic heterocycles. The number of hydrogen-bond donors (Lipinski definition) is 0. The average Bonchev–Trinajstić information content (AvgIpc) is 3.11. The molecule has 3 unspecified atom stereocenters. The average molecular weight is 194 g/mol. The van der Waals surface area contributed by atoms with Gasteiger partial charge in [-0.2, -0.15) is 0 Å². The zero-order valence-electron chi connectivity index (χ0n) is 8.64. The van der Waals surface area contributed by atoms with Crippen molar-refractivity contribution in [2.75, 3.05) is 0 Å². The molecule has 5 aliphatic carbocycles. The van der Waals surface area contributed by atoms with Gasteiger partial charge in [-0.3, -0.25) is 0 Å². The van der Waals surface area contributed by atoms with Gasteiger partial charge in [-0.15, -0.1) is 0 Å². The molecular formula is C15H14. The summed E-state index contributed by atoms with van der Waals surface area (Å²) in [6.07, 6.45) is 3.99. The highest BCUT2D eigenvalue weighted by Gasteiger charge is 2.78. The fourth-order valence-electron chi connectivity index (χ4n) is 4.42. The van der Waals surface area contributed by atoms with Crippen molar-refractivity contribution >= 4 is 0 Å². The van der Waals surface area contributed by atoms with Gasteiger partial charge in [0.15, 0.2) is 0 Å². The fourth-order valence-corrected chi connectivity index (χ4v) is 4.42. The van der Waals surface area contributed by atoms with Gasteiger partial charge in [0.1, 0.15) is 0 Å². The third-order valence-corrected chi connectivity index (χ3v) is 5.31. The second-order valence-corrected chi connectivity index (χ2v) is 5.80. The summed E-state index contributed by atoms with van der Waals surface area (Å²) in [5.41, 5.74) is 3.40. The van der Waals surface area contributed by atoms with E-state index in [-0.39, 0.29) is 0 Å². The Labute approximate surface area is 90.0 Å². The highest BCUT2D eigenvalue weighted by molar-refractivity contribution is 5.46. The standard InChI is InChI=1S/C15H14/c1-2-4-8(5-3-1)10-6-9-7-11-13-14(11)15(13)12(9)10/h1-5,7,10-15H,6H2/t10-,11?,12+,13-,14?,15?/m0/s1. The van der Waals surface area contributed by atoms with Crippen molar-refractivity contribution in [2.24, 2.45) is 29.6 Å². The van der Waals surface area contributed by atoms with E-state index in [1.54, 1.807) is 5.56 Å². The molecule has 15 heavy (non-hydrogen) atoms. The second kappa shape index (κ2) is 2.07. The maximum atomic E-state index is 2.62. The van der Waals surface area contributed by atoms with Crippen LogP contribution in [-0.2, 0) is 0 Å². The lowest BCUT2D eigenvalue weighted by molar-refractivity contribution is 0.241. The van der Waals surface area contributed by atoms with E-state index >= 15 is 0 Å². The highest BCUT2D eigenvalue weighted by Crippen LogP contribution is 2.83. The Balaban J connectivity index is 1.54. The maximum Gasteiger partial charge on any atom is -0.00561 e. The van der Waals surface area contributed by atoms with Crippen LogP contribution in [0.2, 0.25) is 0 Å². The summed E-state index contributed by atoms with van der Waals surface area (Å²) < 4.78 is 0. The lowest BCUT2D eigenvalue weighted by Gasteiger charge is -2.46. The second-order valence-electron chi connectivity index (χ2n) is 5.80. The molecule has 1 aromatic carbocycles. The number of hydrogen-bond acceptors (Lipinski definition) is 0. The fraction of sp³-hybridized carbons (Fsp3) is 0.467. The van der Waals surface area contributed by atoms with Gasteiger partial charge in [-0.05, 0) is 47.5 Å². The van der Waals surface area contributed by atoms with Gasteiger partial charge in [0, 0.05) is 0 Å². The predicted molar refractivity (Wildman–Crippen MR) is 59.3 cm³/mol. The first-order valence-electron chi connectivity index (χ1n) is 6.21. The molecule has 0 heterocycles. The molecule has 3 fully saturated rings. The summed E-state index contributed by atoms with van der Waals surface area (Å²) in [7, 11) is 0. The van der Waals surface area contributed by atoms with Crippen LogP contribution in [0.15, 0.2) is 42.0 Å². The Morgan fingerprint density at radius 2 is 1.73 bits per heavy atom. The Morgan fingerprint density at radius 1 is 0.933 bits per heavy atom. The van der Waals surface area contributed by atoms with E-state index < -0.39 is 0 Å². The Hall–Kier alpha value is -1.04. The molecule has 0 aromatic heterocycles. The van der Waals surface area contributed by atoms with Crippen LogP contribution >= 0.6 is 0 Å². The predicted octanol–water partition coefficient (Wildman–Crippen LogP) is 3.22. The lowest BCUT2D eigenvalue weighted by Crippen LogP contribution is -2.35. The van der Waals surface area contributed by atoms with Gasteiger partial charge in [0.25, 0.3) is 0 Å². The third kappa shape index (κ3) is 0.706. The molecule has 6 atom stereocenters. The first-order valence-corrected chi connectivity index (χ1v) is 6.21. The summed E-state index contributed by atoms with van der Waals surface area (Å²) in [6.45, 7) is 0. The molecule has 5 aliphatic rings. The molecule has 0 amide bonds. The molecule has 74 valence electrons. The summed E-state index contributed by atoms with van der Waals surface area (Å²) in [5, 5.41) is 0. The van der Waals surface area contributed by atoms with Gasteiger partial charge in [0.2, 0.25) is 0 Å². The van der Waals surface area contributed by atoms with Crippen LogP contribution in [0.3, 0.4) is 0 Å². The summed E-state index contributed by atoms with van der Waals surface area (Å²) in [4.78, 5) is 0. The van der Waals surface area contributed by atoms with Crippen molar-refractivity contribution in [3.63, 3.8) is 0 Å². The van der Waals surface area contributed by atoms with E-state index in [4.69, 9.17) is 0 Å². The topological polar surface area (TPSA) is 0 Å². The van der Waals surface area contributed by atoms with Gasteiger partial charge >= 0.3 is 0 Å². The Kier molecular flexibility index (Phi) is 1.00. The van der Waals surface area contributed by atoms with Crippen LogP contribution < -0.4 is 0 Å². The van der Waals surface area contributed by atoms with Crippen LogP contribution in [-0.4, -0.2) is 0 Å². The molecule has 1 aromatic rings. The minimum atomic E-state index is 0.871.